The molecule has 1 aliphatic rings. The second-order valence-corrected chi connectivity index (χ2v) is 1.71. The number of carboxylic acids is 1. The summed E-state index contributed by atoms with van der Waals surface area (Å²) in [4.78, 5) is 17.7. The van der Waals surface area contributed by atoms with Crippen molar-refractivity contribution in [3.8, 4) is 0 Å². The van der Waals surface area contributed by atoms with Gasteiger partial charge in [0, 0.05) is 12.4 Å². The van der Waals surface area contributed by atoms with Gasteiger partial charge in [-0.2, -0.15) is 0 Å². The van der Waals surface area contributed by atoms with E-state index in [1.165, 1.54) is 18.5 Å². The molecule has 0 aromatic heterocycles. The maximum atomic E-state index is 10.3. The first-order valence-electron chi connectivity index (χ1n) is 2.74. The van der Waals surface area contributed by atoms with E-state index in [4.69, 9.17) is 5.11 Å². The molecule has 0 aliphatic carbocycles. The predicted octanol–water partition coefficient (Wildman–Crippen LogP) is 0.110. The summed E-state index contributed by atoms with van der Waals surface area (Å²) >= 11 is 0. The minimum atomic E-state index is -0.975. The summed E-state index contributed by atoms with van der Waals surface area (Å²) in [7, 11) is 0. The van der Waals surface area contributed by atoms with Crippen LogP contribution in [0, 0.1) is 0 Å². The lowest BCUT2D eigenvalue weighted by Gasteiger charge is -1.86. The van der Waals surface area contributed by atoms with E-state index in [0.717, 1.165) is 0 Å². The van der Waals surface area contributed by atoms with Crippen LogP contribution in [0.4, 0.5) is 0 Å². The fraction of sp³-hybridized carbons (Fsp3) is 0.167. The molecule has 52 valence electrons. The number of allylic oxidation sites excluding steroid dienone is 1. The third-order valence-electron chi connectivity index (χ3n) is 1.00. The molecule has 1 aliphatic heterocycles. The summed E-state index contributed by atoms with van der Waals surface area (Å²) in [5.41, 5.74) is 0.168. The molecule has 0 aromatic carbocycles. The van der Waals surface area contributed by atoms with Gasteiger partial charge in [0.05, 0.1) is 5.57 Å². The summed E-state index contributed by atoms with van der Waals surface area (Å²) in [5, 5.41) is 8.44. The Bertz CT molecular complexity index is 228. The summed E-state index contributed by atoms with van der Waals surface area (Å²) in [5.74, 6) is -0.975. The first-order chi connectivity index (χ1) is 4.80. The third kappa shape index (κ3) is 1.51. The van der Waals surface area contributed by atoms with Gasteiger partial charge in [-0.05, 0) is 6.08 Å². The van der Waals surface area contributed by atoms with Crippen LogP contribution in [-0.2, 0) is 4.79 Å². The van der Waals surface area contributed by atoms with Crippen LogP contribution < -0.4 is 0 Å². The monoisotopic (exact) mass is 138 g/mol. The van der Waals surface area contributed by atoms with E-state index in [0.29, 0.717) is 6.67 Å². The Labute approximate surface area is 57.6 Å². The summed E-state index contributed by atoms with van der Waals surface area (Å²) in [6.07, 6.45) is 4.16. The van der Waals surface area contributed by atoms with Gasteiger partial charge in [0.25, 0.3) is 0 Å². The number of carbonyl (C=O) groups is 1. The Morgan fingerprint density at radius 3 is 3.10 bits per heavy atom. The highest BCUT2D eigenvalue weighted by Crippen LogP contribution is 1.92. The van der Waals surface area contributed by atoms with Crippen molar-refractivity contribution in [2.75, 3.05) is 6.67 Å². The SMILES string of the molecule is O=C(O)C1=CC=NCN=C1. The topological polar surface area (TPSA) is 62.0 Å². The third-order valence-corrected chi connectivity index (χ3v) is 1.00. The zero-order valence-electron chi connectivity index (χ0n) is 5.19. The summed E-state index contributed by atoms with van der Waals surface area (Å²) in [6, 6.07) is 0. The van der Waals surface area contributed by atoms with E-state index in [1.807, 2.05) is 0 Å². The van der Waals surface area contributed by atoms with Gasteiger partial charge in [-0.15, -0.1) is 0 Å². The maximum absolute atomic E-state index is 10.3. The van der Waals surface area contributed by atoms with Crippen molar-refractivity contribution in [3.05, 3.63) is 11.6 Å². The number of rotatable bonds is 1. The minimum Gasteiger partial charge on any atom is -0.478 e. The van der Waals surface area contributed by atoms with Crippen LogP contribution in [0.1, 0.15) is 0 Å². The normalized spacial score (nSPS) is 16.2. The molecule has 4 nitrogen and oxygen atoms in total. The van der Waals surface area contributed by atoms with Crippen molar-refractivity contribution in [1.29, 1.82) is 0 Å². The van der Waals surface area contributed by atoms with E-state index in [2.05, 4.69) is 9.98 Å². The zero-order chi connectivity index (χ0) is 7.40. The maximum Gasteiger partial charge on any atom is 0.337 e. The number of aliphatic imine (C=N–C) groups is 2. The van der Waals surface area contributed by atoms with Crippen LogP contribution in [0.15, 0.2) is 21.6 Å². The number of nitrogens with zero attached hydrogens (tertiary/aromatic N) is 2. The van der Waals surface area contributed by atoms with Crippen molar-refractivity contribution in [3.63, 3.8) is 0 Å². The average molecular weight is 138 g/mol. The molecule has 1 rings (SSSR count). The highest BCUT2D eigenvalue weighted by atomic mass is 16.4. The van der Waals surface area contributed by atoms with E-state index >= 15 is 0 Å². The smallest absolute Gasteiger partial charge is 0.337 e. The fourth-order valence-corrected chi connectivity index (χ4v) is 0.536. The van der Waals surface area contributed by atoms with Crippen LogP contribution in [0.2, 0.25) is 0 Å². The Balaban J connectivity index is 2.83. The molecule has 0 atom stereocenters. The second-order valence-electron chi connectivity index (χ2n) is 1.71. The second kappa shape index (κ2) is 2.91. The Hall–Kier alpha value is -1.45. The summed E-state index contributed by atoms with van der Waals surface area (Å²) in [6.45, 7) is 0.313. The molecule has 0 aromatic rings. The lowest BCUT2D eigenvalue weighted by Crippen LogP contribution is -2.01. The molecule has 0 saturated heterocycles. The molecule has 0 unspecified atom stereocenters. The van der Waals surface area contributed by atoms with Gasteiger partial charge in [0.15, 0.2) is 0 Å². The van der Waals surface area contributed by atoms with E-state index in [9.17, 15) is 4.79 Å². The lowest BCUT2D eigenvalue weighted by atomic mass is 10.3. The Morgan fingerprint density at radius 2 is 2.40 bits per heavy atom. The first-order valence-corrected chi connectivity index (χ1v) is 2.74. The van der Waals surface area contributed by atoms with Gasteiger partial charge in [0.1, 0.15) is 6.67 Å². The van der Waals surface area contributed by atoms with Crippen molar-refractivity contribution < 1.29 is 9.90 Å². The molecule has 4 heteroatoms. The van der Waals surface area contributed by atoms with Crippen LogP contribution in [0.3, 0.4) is 0 Å². The molecule has 0 spiro atoms. The van der Waals surface area contributed by atoms with E-state index in [1.54, 1.807) is 0 Å². The molecule has 0 radical (unpaired) electrons. The number of hydrogen-bond acceptors (Lipinski definition) is 3. The van der Waals surface area contributed by atoms with Gasteiger partial charge in [0.2, 0.25) is 0 Å². The van der Waals surface area contributed by atoms with Crippen LogP contribution in [0.25, 0.3) is 0 Å². The summed E-state index contributed by atoms with van der Waals surface area (Å²) < 4.78 is 0. The zero-order valence-corrected chi connectivity index (χ0v) is 5.19. The Kier molecular flexibility index (Phi) is 1.94. The quantitative estimate of drug-likeness (QED) is 0.559. The molecular weight excluding hydrogens is 132 g/mol. The molecule has 10 heavy (non-hydrogen) atoms. The largest absolute Gasteiger partial charge is 0.478 e. The number of hydrogen-bond donors (Lipinski definition) is 1. The minimum absolute atomic E-state index is 0.168. The first kappa shape index (κ1) is 6.67. The number of carboxylic acid groups (broad SMARTS) is 1. The van der Waals surface area contributed by atoms with Gasteiger partial charge < -0.3 is 5.11 Å². The van der Waals surface area contributed by atoms with Gasteiger partial charge in [-0.1, -0.05) is 0 Å². The van der Waals surface area contributed by atoms with Gasteiger partial charge >= 0.3 is 5.97 Å². The van der Waals surface area contributed by atoms with Crippen molar-refractivity contribution >= 4 is 18.4 Å². The number of aliphatic carboxylic acids is 1. The van der Waals surface area contributed by atoms with Crippen molar-refractivity contribution in [2.24, 2.45) is 9.98 Å². The van der Waals surface area contributed by atoms with E-state index in [-0.39, 0.29) is 5.57 Å². The average Bonchev–Trinajstić information content (AvgIpc) is 2.12. The van der Waals surface area contributed by atoms with Crippen LogP contribution in [0.5, 0.6) is 0 Å². The van der Waals surface area contributed by atoms with Crippen LogP contribution in [-0.4, -0.2) is 30.2 Å². The predicted molar refractivity (Wildman–Crippen MR) is 37.6 cm³/mol. The van der Waals surface area contributed by atoms with Crippen molar-refractivity contribution in [2.45, 2.75) is 0 Å². The molecule has 0 amide bonds. The molecular formula is C6H6N2O2. The standard InChI is InChI=1S/C6H6N2O2/c9-6(10)5-1-2-7-4-8-3-5/h1-3H,4H2,(H,9,10). The molecule has 1 N–H and O–H groups in total. The fourth-order valence-electron chi connectivity index (χ4n) is 0.536. The highest BCUT2D eigenvalue weighted by molar-refractivity contribution is 6.11. The van der Waals surface area contributed by atoms with E-state index < -0.39 is 5.97 Å². The van der Waals surface area contributed by atoms with Crippen LogP contribution >= 0.6 is 0 Å². The van der Waals surface area contributed by atoms with Crippen molar-refractivity contribution in [1.82, 2.24) is 0 Å². The van der Waals surface area contributed by atoms with Gasteiger partial charge in [-0.25, -0.2) is 4.79 Å². The molecule has 0 fully saturated rings. The lowest BCUT2D eigenvalue weighted by molar-refractivity contribution is -0.131. The molecule has 0 saturated carbocycles. The Morgan fingerprint density at radius 1 is 1.60 bits per heavy atom. The molecule has 1 heterocycles. The molecule has 0 bridgehead atoms. The highest BCUT2D eigenvalue weighted by Gasteiger charge is 2.02. The van der Waals surface area contributed by atoms with Gasteiger partial charge in [-0.3, -0.25) is 9.98 Å².